The predicted molar refractivity (Wildman–Crippen MR) is 353 cm³/mol. The maximum Gasteiger partial charge on any atom is 0.268 e. The van der Waals surface area contributed by atoms with E-state index in [-0.39, 0.29) is 12.5 Å². The van der Waals surface area contributed by atoms with Crippen molar-refractivity contribution in [1.29, 1.82) is 0 Å². The van der Waals surface area contributed by atoms with Gasteiger partial charge in [0.1, 0.15) is 13.2 Å². The van der Waals surface area contributed by atoms with Crippen molar-refractivity contribution in [2.45, 2.75) is 366 Å². The third-order valence-electron chi connectivity index (χ3n) is 16.2. The highest BCUT2D eigenvalue weighted by Gasteiger charge is 2.23. The lowest BCUT2D eigenvalue weighted by Gasteiger charge is -2.29. The maximum absolute atomic E-state index is 13.0. The first kappa shape index (κ1) is 79.5. The van der Waals surface area contributed by atoms with Crippen LogP contribution in [0.3, 0.4) is 0 Å². The minimum absolute atomic E-state index is 0.00786. The molecule has 0 fully saturated rings. The molecular weight excluding hydrogens is 1020 g/mol. The van der Waals surface area contributed by atoms with Gasteiger partial charge in [-0.05, 0) is 70.6 Å². The molecule has 3 unspecified atom stereocenters. The molecule has 0 aliphatic heterocycles. The lowest BCUT2D eigenvalue weighted by Crippen LogP contribution is -2.45. The number of unbranched alkanes of at least 4 members (excludes halogenated alkanes) is 47. The average molecular weight is 1160 g/mol. The van der Waals surface area contributed by atoms with E-state index in [9.17, 15) is 19.4 Å². The number of nitrogens with zero attached hydrogens (tertiary/aromatic N) is 1. The average Bonchev–Trinajstić information content (AvgIpc) is 3.43. The minimum atomic E-state index is -4.61. The number of hydrogen-bond donors (Lipinski definition) is 2. The summed E-state index contributed by atoms with van der Waals surface area (Å²) >= 11 is 0. The Bertz CT molecular complexity index is 1460. The SMILES string of the molecule is CCCCCCCCCC/C=C\CCCCCCCCCCCCCCCCCCCCCCCCCCCCCC(=O)NC(COP(=O)([O-])OCC[N+](C)(C)C)C(O)/C=C/CC/C=C/CC/C=C/CCCCCCCCCCCC. The Morgan fingerprint density at radius 2 is 0.691 bits per heavy atom. The molecule has 81 heavy (non-hydrogen) atoms. The zero-order chi connectivity index (χ0) is 59.1. The van der Waals surface area contributed by atoms with Gasteiger partial charge < -0.3 is 28.8 Å². The van der Waals surface area contributed by atoms with Crippen LogP contribution in [0.4, 0.5) is 0 Å². The normalized spacial score (nSPS) is 13.9. The number of phosphoric acid groups is 1. The lowest BCUT2D eigenvalue weighted by atomic mass is 10.0. The molecule has 0 bridgehead atoms. The van der Waals surface area contributed by atoms with Crippen molar-refractivity contribution in [2.24, 2.45) is 0 Å². The van der Waals surface area contributed by atoms with E-state index in [0.29, 0.717) is 17.4 Å². The molecule has 0 saturated heterocycles. The van der Waals surface area contributed by atoms with E-state index in [1.807, 2.05) is 27.2 Å². The summed E-state index contributed by atoms with van der Waals surface area (Å²) in [6.07, 6.45) is 85.4. The molecule has 0 aromatic carbocycles. The number of nitrogens with one attached hydrogen (secondary N) is 1. The fourth-order valence-corrected chi connectivity index (χ4v) is 11.4. The van der Waals surface area contributed by atoms with Crippen molar-refractivity contribution in [3.8, 4) is 0 Å². The molecule has 0 aliphatic carbocycles. The number of carbonyl (C=O) groups excluding carboxylic acids is 1. The molecule has 0 aromatic rings. The summed E-state index contributed by atoms with van der Waals surface area (Å²) in [7, 11) is 1.25. The highest BCUT2D eigenvalue weighted by molar-refractivity contribution is 7.45. The summed E-state index contributed by atoms with van der Waals surface area (Å²) in [5, 5.41) is 13.9. The topological polar surface area (TPSA) is 108 Å². The second-order valence-corrected chi connectivity index (χ2v) is 27.0. The summed E-state index contributed by atoms with van der Waals surface area (Å²) in [6, 6.07) is -0.910. The molecular formula is C72H139N2O6P. The maximum atomic E-state index is 13.0. The van der Waals surface area contributed by atoms with Crippen LogP contribution in [-0.2, 0) is 18.4 Å². The van der Waals surface area contributed by atoms with Crippen LogP contribution in [0, 0.1) is 0 Å². The lowest BCUT2D eigenvalue weighted by molar-refractivity contribution is -0.870. The van der Waals surface area contributed by atoms with Crippen molar-refractivity contribution in [3.63, 3.8) is 0 Å². The van der Waals surface area contributed by atoms with Gasteiger partial charge in [-0.25, -0.2) is 0 Å². The fourth-order valence-electron chi connectivity index (χ4n) is 10.7. The van der Waals surface area contributed by atoms with E-state index < -0.39 is 26.6 Å². The largest absolute Gasteiger partial charge is 0.756 e. The molecule has 3 atom stereocenters. The number of likely N-dealkylation sites (N-methyl/N-ethyl adjacent to an activating group) is 1. The van der Waals surface area contributed by atoms with E-state index in [4.69, 9.17) is 9.05 Å². The monoisotopic (exact) mass is 1160 g/mol. The number of carbonyl (C=O) groups is 1. The molecule has 0 rings (SSSR count). The Morgan fingerprint density at radius 3 is 1.00 bits per heavy atom. The van der Waals surface area contributed by atoms with Crippen molar-refractivity contribution in [2.75, 3.05) is 40.9 Å². The van der Waals surface area contributed by atoms with Crippen molar-refractivity contribution >= 4 is 13.7 Å². The Morgan fingerprint density at radius 1 is 0.420 bits per heavy atom. The van der Waals surface area contributed by atoms with E-state index in [0.717, 1.165) is 44.9 Å². The fraction of sp³-hybridized carbons (Fsp3) is 0.875. The van der Waals surface area contributed by atoms with Crippen LogP contribution in [0.15, 0.2) is 48.6 Å². The molecule has 0 aromatic heterocycles. The number of phosphoric ester groups is 1. The minimum Gasteiger partial charge on any atom is -0.756 e. The molecule has 0 heterocycles. The number of hydrogen-bond acceptors (Lipinski definition) is 6. The van der Waals surface area contributed by atoms with Gasteiger partial charge >= 0.3 is 0 Å². The zero-order valence-corrected chi connectivity index (χ0v) is 55.6. The Balaban J connectivity index is 3.96. The van der Waals surface area contributed by atoms with Gasteiger partial charge in [0.25, 0.3) is 7.82 Å². The number of aliphatic hydroxyl groups excluding tert-OH is 1. The van der Waals surface area contributed by atoms with Gasteiger partial charge in [0, 0.05) is 6.42 Å². The summed E-state index contributed by atoms with van der Waals surface area (Å²) in [6.45, 7) is 4.66. The van der Waals surface area contributed by atoms with Gasteiger partial charge in [0.15, 0.2) is 0 Å². The smallest absolute Gasteiger partial charge is 0.268 e. The van der Waals surface area contributed by atoms with Crippen LogP contribution in [0.1, 0.15) is 354 Å². The highest BCUT2D eigenvalue weighted by Crippen LogP contribution is 2.38. The molecule has 0 saturated carbocycles. The van der Waals surface area contributed by atoms with Gasteiger partial charge in [-0.2, -0.15) is 0 Å². The molecule has 0 aliphatic rings. The predicted octanol–water partition coefficient (Wildman–Crippen LogP) is 22.0. The van der Waals surface area contributed by atoms with E-state index in [1.165, 1.54) is 289 Å². The van der Waals surface area contributed by atoms with Gasteiger partial charge in [-0.3, -0.25) is 9.36 Å². The summed E-state index contributed by atoms with van der Waals surface area (Å²) in [4.78, 5) is 25.6. The number of amides is 1. The van der Waals surface area contributed by atoms with Gasteiger partial charge in [0.05, 0.1) is 39.9 Å². The first-order chi connectivity index (χ1) is 39.5. The second kappa shape index (κ2) is 63.0. The summed E-state index contributed by atoms with van der Waals surface area (Å²) in [5.41, 5.74) is 0. The Labute approximate surface area is 505 Å². The first-order valence-electron chi connectivity index (χ1n) is 35.5. The molecule has 8 nitrogen and oxygen atoms in total. The van der Waals surface area contributed by atoms with E-state index in [2.05, 4.69) is 55.6 Å². The van der Waals surface area contributed by atoms with Crippen LogP contribution >= 0.6 is 7.82 Å². The first-order valence-corrected chi connectivity index (χ1v) is 37.0. The summed E-state index contributed by atoms with van der Waals surface area (Å²) in [5.74, 6) is -0.205. The number of aliphatic hydroxyl groups is 1. The molecule has 478 valence electrons. The number of allylic oxidation sites excluding steroid dienone is 7. The van der Waals surface area contributed by atoms with Crippen LogP contribution in [0.5, 0.6) is 0 Å². The van der Waals surface area contributed by atoms with E-state index in [1.54, 1.807) is 6.08 Å². The quantitative estimate of drug-likeness (QED) is 0.0272. The van der Waals surface area contributed by atoms with Crippen LogP contribution in [0.2, 0.25) is 0 Å². The van der Waals surface area contributed by atoms with Gasteiger partial charge in [-0.1, -0.05) is 326 Å². The summed E-state index contributed by atoms with van der Waals surface area (Å²) < 4.78 is 23.4. The van der Waals surface area contributed by atoms with Crippen molar-refractivity contribution in [3.05, 3.63) is 48.6 Å². The third kappa shape index (κ3) is 65.9. The molecule has 9 heteroatoms. The van der Waals surface area contributed by atoms with Crippen LogP contribution in [-0.4, -0.2) is 68.5 Å². The molecule has 0 spiro atoms. The van der Waals surface area contributed by atoms with Crippen molar-refractivity contribution in [1.82, 2.24) is 5.32 Å². The molecule has 2 N–H and O–H groups in total. The highest BCUT2D eigenvalue weighted by atomic mass is 31.2. The van der Waals surface area contributed by atoms with Crippen molar-refractivity contribution < 1.29 is 32.9 Å². The molecule has 0 radical (unpaired) electrons. The Kier molecular flexibility index (Phi) is 61.8. The van der Waals surface area contributed by atoms with Gasteiger partial charge in [0.2, 0.25) is 5.91 Å². The second-order valence-electron chi connectivity index (χ2n) is 25.6. The zero-order valence-electron chi connectivity index (χ0n) is 54.8. The van der Waals surface area contributed by atoms with E-state index >= 15 is 0 Å². The molecule has 1 amide bonds. The van der Waals surface area contributed by atoms with Gasteiger partial charge in [-0.15, -0.1) is 0 Å². The number of rotatable bonds is 66. The Hall–Kier alpha value is -1.54. The third-order valence-corrected chi connectivity index (χ3v) is 17.2. The standard InChI is InChI=1S/C72H139N2O6P/c1-6-8-10-12-14-16-18-20-22-24-26-28-29-30-31-32-33-34-35-36-37-38-39-40-41-42-43-44-45-46-48-50-52-54-56-58-60-62-64-66-72(76)73-70(69-80-81(77,78)79-68-67-74(3,4)5)71(75)65-63-61-59-57-55-53-51-49-47-27-25-23-21-19-17-15-13-11-9-7-2/h24,26,47,49,55,57,63,65,70-71,75H,6-23,25,27-46,48,50-54,56,58-62,64,66-69H2,1-5H3,(H-,73,76,77,78)/b26-24-,49-47+,57-55+,65-63+. The number of quaternary nitrogens is 1. The van der Waals surface area contributed by atoms with Crippen LogP contribution < -0.4 is 10.2 Å². The van der Waals surface area contributed by atoms with Crippen LogP contribution in [0.25, 0.3) is 0 Å².